The van der Waals surface area contributed by atoms with Gasteiger partial charge in [-0.05, 0) is 26.7 Å². The number of carbonyl (C=O) groups is 1. The molecule has 1 rings (SSSR count). The molecule has 0 saturated carbocycles. The topological polar surface area (TPSA) is 41.6 Å². The summed E-state index contributed by atoms with van der Waals surface area (Å²) in [6.07, 6.45) is 2.42. The summed E-state index contributed by atoms with van der Waals surface area (Å²) >= 11 is 0. The molecule has 0 radical (unpaired) electrons. The van der Waals surface area contributed by atoms with Crippen molar-refractivity contribution in [1.82, 2.24) is 10.2 Å². The maximum Gasteiger partial charge on any atom is 0.317 e. The van der Waals surface area contributed by atoms with Crippen LogP contribution in [0, 0.1) is 0 Å². The van der Waals surface area contributed by atoms with Gasteiger partial charge >= 0.3 is 6.03 Å². The summed E-state index contributed by atoms with van der Waals surface area (Å²) < 4.78 is 5.42. The van der Waals surface area contributed by atoms with Gasteiger partial charge in [0.25, 0.3) is 0 Å². The molecular weight excluding hydrogens is 180 g/mol. The first-order chi connectivity index (χ1) is 6.77. The molecule has 0 unspecified atom stereocenters. The molecule has 82 valence electrons. The zero-order valence-electron chi connectivity index (χ0n) is 9.08. The van der Waals surface area contributed by atoms with Gasteiger partial charge in [0.1, 0.15) is 0 Å². The van der Waals surface area contributed by atoms with Crippen LogP contribution in [0.3, 0.4) is 0 Å². The van der Waals surface area contributed by atoms with Gasteiger partial charge in [0.15, 0.2) is 0 Å². The van der Waals surface area contributed by atoms with E-state index in [1.165, 1.54) is 0 Å². The van der Waals surface area contributed by atoms with E-state index in [1.807, 2.05) is 13.8 Å². The minimum Gasteiger partial charge on any atom is -0.376 e. The summed E-state index contributed by atoms with van der Waals surface area (Å²) in [5, 5.41) is 2.89. The second-order valence-corrected chi connectivity index (χ2v) is 3.49. The molecule has 0 aromatic rings. The van der Waals surface area contributed by atoms with E-state index in [2.05, 4.69) is 5.32 Å². The van der Waals surface area contributed by atoms with Gasteiger partial charge in [-0.25, -0.2) is 4.79 Å². The summed E-state index contributed by atoms with van der Waals surface area (Å²) in [6.45, 7) is 6.97. The predicted molar refractivity (Wildman–Crippen MR) is 55.3 cm³/mol. The lowest BCUT2D eigenvalue weighted by Crippen LogP contribution is -2.42. The molecule has 0 aromatic heterocycles. The van der Waals surface area contributed by atoms with Crippen molar-refractivity contribution in [3.05, 3.63) is 0 Å². The highest BCUT2D eigenvalue weighted by Crippen LogP contribution is 2.10. The van der Waals surface area contributed by atoms with Crippen molar-refractivity contribution < 1.29 is 9.53 Å². The van der Waals surface area contributed by atoms with Crippen LogP contribution >= 0.6 is 0 Å². The number of nitrogens with one attached hydrogen (secondary N) is 1. The van der Waals surface area contributed by atoms with Crippen LogP contribution in [0.5, 0.6) is 0 Å². The first kappa shape index (κ1) is 11.3. The number of rotatable bonds is 4. The van der Waals surface area contributed by atoms with Crippen molar-refractivity contribution in [1.29, 1.82) is 0 Å². The highest BCUT2D eigenvalue weighted by atomic mass is 16.5. The van der Waals surface area contributed by atoms with E-state index in [0.29, 0.717) is 6.54 Å². The van der Waals surface area contributed by atoms with Crippen LogP contribution in [0.15, 0.2) is 0 Å². The molecule has 1 aliphatic heterocycles. The highest BCUT2D eigenvalue weighted by molar-refractivity contribution is 5.74. The van der Waals surface area contributed by atoms with Crippen LogP contribution in [0.25, 0.3) is 0 Å². The summed E-state index contributed by atoms with van der Waals surface area (Å²) in [5.41, 5.74) is 0. The third-order valence-electron chi connectivity index (χ3n) is 2.56. The summed E-state index contributed by atoms with van der Waals surface area (Å²) in [5.74, 6) is 0. The number of ether oxygens (including phenoxy) is 1. The Balaban J connectivity index is 2.18. The molecule has 0 bridgehead atoms. The van der Waals surface area contributed by atoms with Crippen LogP contribution < -0.4 is 5.32 Å². The minimum atomic E-state index is 0.0190. The number of urea groups is 1. The molecule has 1 aliphatic rings. The maximum absolute atomic E-state index is 11.5. The Morgan fingerprint density at radius 3 is 2.71 bits per heavy atom. The van der Waals surface area contributed by atoms with Crippen LogP contribution in [0.1, 0.15) is 26.7 Å². The van der Waals surface area contributed by atoms with Gasteiger partial charge < -0.3 is 15.0 Å². The normalized spacial score (nSPS) is 20.9. The van der Waals surface area contributed by atoms with Crippen molar-refractivity contribution in [2.24, 2.45) is 0 Å². The Labute approximate surface area is 85.6 Å². The van der Waals surface area contributed by atoms with E-state index < -0.39 is 0 Å². The first-order valence-electron chi connectivity index (χ1n) is 5.42. The van der Waals surface area contributed by atoms with E-state index in [4.69, 9.17) is 4.74 Å². The molecule has 0 aliphatic carbocycles. The molecule has 1 saturated heterocycles. The van der Waals surface area contributed by atoms with Crippen molar-refractivity contribution in [2.45, 2.75) is 32.8 Å². The van der Waals surface area contributed by atoms with Crippen LogP contribution in [-0.4, -0.2) is 43.3 Å². The van der Waals surface area contributed by atoms with Gasteiger partial charge in [0, 0.05) is 26.2 Å². The molecule has 14 heavy (non-hydrogen) atoms. The fourth-order valence-electron chi connectivity index (χ4n) is 1.63. The molecule has 1 fully saturated rings. The van der Waals surface area contributed by atoms with Gasteiger partial charge in [-0.15, -0.1) is 0 Å². The second kappa shape index (κ2) is 5.86. The Morgan fingerprint density at radius 2 is 2.21 bits per heavy atom. The molecule has 0 spiro atoms. The van der Waals surface area contributed by atoms with E-state index in [1.54, 1.807) is 4.90 Å². The van der Waals surface area contributed by atoms with Crippen molar-refractivity contribution in [2.75, 3.05) is 26.2 Å². The number of hydrogen-bond acceptors (Lipinski definition) is 2. The van der Waals surface area contributed by atoms with Crippen LogP contribution in [0.4, 0.5) is 4.79 Å². The van der Waals surface area contributed by atoms with Gasteiger partial charge in [0.2, 0.25) is 0 Å². The number of nitrogens with zero attached hydrogens (tertiary/aromatic N) is 1. The Bertz CT molecular complexity index is 175. The second-order valence-electron chi connectivity index (χ2n) is 3.49. The van der Waals surface area contributed by atoms with E-state index in [9.17, 15) is 4.79 Å². The van der Waals surface area contributed by atoms with Gasteiger partial charge in [0.05, 0.1) is 6.10 Å². The Hall–Kier alpha value is -0.770. The number of hydrogen-bond donors (Lipinski definition) is 1. The largest absolute Gasteiger partial charge is 0.376 e. The van der Waals surface area contributed by atoms with Gasteiger partial charge in [-0.3, -0.25) is 0 Å². The Kier molecular flexibility index (Phi) is 4.73. The Morgan fingerprint density at radius 1 is 1.50 bits per heavy atom. The fraction of sp³-hybridized carbons (Fsp3) is 0.900. The van der Waals surface area contributed by atoms with Crippen LogP contribution in [-0.2, 0) is 4.74 Å². The maximum atomic E-state index is 11.5. The molecule has 1 heterocycles. The van der Waals surface area contributed by atoms with Crippen molar-refractivity contribution in [3.63, 3.8) is 0 Å². The van der Waals surface area contributed by atoms with Gasteiger partial charge in [-0.2, -0.15) is 0 Å². The fourth-order valence-corrected chi connectivity index (χ4v) is 1.63. The third kappa shape index (κ3) is 3.18. The van der Waals surface area contributed by atoms with E-state index >= 15 is 0 Å². The van der Waals surface area contributed by atoms with Gasteiger partial charge in [-0.1, -0.05) is 0 Å². The third-order valence-corrected chi connectivity index (χ3v) is 2.56. The number of carbonyl (C=O) groups excluding carboxylic acids is 1. The molecule has 2 amide bonds. The predicted octanol–water partition coefficient (Wildman–Crippen LogP) is 1.22. The molecule has 0 aromatic carbocycles. The van der Waals surface area contributed by atoms with E-state index in [0.717, 1.165) is 32.5 Å². The standard InChI is InChI=1S/C10H20N2O2/c1-3-12(4-2)10(13)11-8-9-6-5-7-14-9/h9H,3-8H2,1-2H3,(H,11,13)/t9-/m0/s1. The molecule has 1 atom stereocenters. The monoisotopic (exact) mass is 200 g/mol. The zero-order valence-corrected chi connectivity index (χ0v) is 9.08. The SMILES string of the molecule is CCN(CC)C(=O)NC[C@@H]1CCCO1. The smallest absolute Gasteiger partial charge is 0.317 e. The molecule has 4 nitrogen and oxygen atoms in total. The number of amides is 2. The van der Waals surface area contributed by atoms with Crippen molar-refractivity contribution >= 4 is 6.03 Å². The lowest BCUT2D eigenvalue weighted by molar-refractivity contribution is 0.109. The van der Waals surface area contributed by atoms with Crippen LogP contribution in [0.2, 0.25) is 0 Å². The molecule has 4 heteroatoms. The average Bonchev–Trinajstić information content (AvgIpc) is 2.69. The molecule has 1 N–H and O–H groups in total. The quantitative estimate of drug-likeness (QED) is 0.741. The lowest BCUT2D eigenvalue weighted by atomic mass is 10.2. The lowest BCUT2D eigenvalue weighted by Gasteiger charge is -2.20. The average molecular weight is 200 g/mol. The first-order valence-corrected chi connectivity index (χ1v) is 5.42. The summed E-state index contributed by atoms with van der Waals surface area (Å²) in [4.78, 5) is 13.3. The minimum absolute atomic E-state index is 0.0190. The summed E-state index contributed by atoms with van der Waals surface area (Å²) in [6, 6.07) is 0.0190. The highest BCUT2D eigenvalue weighted by Gasteiger charge is 2.17. The van der Waals surface area contributed by atoms with Crippen molar-refractivity contribution in [3.8, 4) is 0 Å². The zero-order chi connectivity index (χ0) is 10.4. The van der Waals surface area contributed by atoms with E-state index in [-0.39, 0.29) is 12.1 Å². The molecular formula is C10H20N2O2. The summed E-state index contributed by atoms with van der Waals surface area (Å²) in [7, 11) is 0.